The number of carbonyl (C=O) groups excluding carboxylic acids is 1. The average Bonchev–Trinajstić information content (AvgIpc) is 2.68. The van der Waals surface area contributed by atoms with Gasteiger partial charge in [0.1, 0.15) is 0 Å². The quantitative estimate of drug-likeness (QED) is 0.843. The fraction of sp³-hybridized carbons (Fsp3) is 0.381. The van der Waals surface area contributed by atoms with Gasteiger partial charge in [-0.05, 0) is 24.1 Å². The molecule has 2 aromatic rings. The summed E-state index contributed by atoms with van der Waals surface area (Å²) in [6.07, 6.45) is 1.47. The van der Waals surface area contributed by atoms with Gasteiger partial charge in [0.2, 0.25) is 5.91 Å². The molecule has 0 aliphatic carbocycles. The van der Waals surface area contributed by atoms with Crippen molar-refractivity contribution in [3.05, 3.63) is 66.2 Å². The molecule has 132 valence electrons. The summed E-state index contributed by atoms with van der Waals surface area (Å²) >= 11 is 0. The molecule has 3 rings (SSSR count). The van der Waals surface area contributed by atoms with E-state index in [0.29, 0.717) is 13.0 Å². The van der Waals surface area contributed by atoms with Crippen LogP contribution in [0, 0.1) is 0 Å². The van der Waals surface area contributed by atoms with E-state index < -0.39 is 0 Å². The topological polar surface area (TPSA) is 35.6 Å². The van der Waals surface area contributed by atoms with E-state index in [1.54, 1.807) is 0 Å². The van der Waals surface area contributed by atoms with Crippen molar-refractivity contribution in [1.82, 2.24) is 10.2 Å². The Balaban J connectivity index is 1.31. The molecule has 0 atom stereocenters. The van der Waals surface area contributed by atoms with Crippen molar-refractivity contribution >= 4 is 11.6 Å². The molecule has 4 heteroatoms. The predicted molar refractivity (Wildman–Crippen MR) is 103 cm³/mol. The second-order valence-corrected chi connectivity index (χ2v) is 6.50. The Morgan fingerprint density at radius 1 is 0.880 bits per heavy atom. The molecule has 25 heavy (non-hydrogen) atoms. The van der Waals surface area contributed by atoms with Crippen LogP contribution in [0.4, 0.5) is 5.69 Å². The van der Waals surface area contributed by atoms with E-state index in [0.717, 1.165) is 39.1 Å². The Labute approximate surface area is 150 Å². The number of rotatable bonds is 7. The molecule has 0 unspecified atom stereocenters. The lowest BCUT2D eigenvalue weighted by atomic mass is 10.1. The summed E-state index contributed by atoms with van der Waals surface area (Å²) in [6, 6.07) is 20.8. The first kappa shape index (κ1) is 17.5. The molecule has 0 aromatic heterocycles. The molecular formula is C21H27N3O. The highest BCUT2D eigenvalue weighted by Crippen LogP contribution is 2.15. The van der Waals surface area contributed by atoms with Crippen LogP contribution in [0.15, 0.2) is 60.7 Å². The van der Waals surface area contributed by atoms with Crippen molar-refractivity contribution in [3.8, 4) is 0 Å². The van der Waals surface area contributed by atoms with Crippen molar-refractivity contribution in [1.29, 1.82) is 0 Å². The maximum absolute atomic E-state index is 12.0. The van der Waals surface area contributed by atoms with Gasteiger partial charge in [0.25, 0.3) is 0 Å². The third-order valence-electron chi connectivity index (χ3n) is 4.73. The number of carbonyl (C=O) groups is 1. The largest absolute Gasteiger partial charge is 0.369 e. The number of anilines is 1. The van der Waals surface area contributed by atoms with Crippen molar-refractivity contribution < 1.29 is 4.79 Å². The lowest BCUT2D eigenvalue weighted by molar-refractivity contribution is -0.121. The van der Waals surface area contributed by atoms with Crippen molar-refractivity contribution in [2.75, 3.05) is 44.2 Å². The predicted octanol–water partition coefficient (Wildman–Crippen LogP) is 2.56. The van der Waals surface area contributed by atoms with Gasteiger partial charge in [-0.25, -0.2) is 0 Å². The summed E-state index contributed by atoms with van der Waals surface area (Å²) in [5.74, 6) is 0.154. The normalized spacial score (nSPS) is 15.1. The van der Waals surface area contributed by atoms with Gasteiger partial charge in [0, 0.05) is 51.4 Å². The third-order valence-corrected chi connectivity index (χ3v) is 4.73. The summed E-state index contributed by atoms with van der Waals surface area (Å²) in [5, 5.41) is 3.03. The molecule has 1 fully saturated rings. The van der Waals surface area contributed by atoms with Gasteiger partial charge in [-0.3, -0.25) is 9.69 Å². The SMILES string of the molecule is O=C(CCN1CCN(c2ccccc2)CC1)NCCc1ccccc1. The van der Waals surface area contributed by atoms with Crippen LogP contribution in [-0.2, 0) is 11.2 Å². The van der Waals surface area contributed by atoms with E-state index in [-0.39, 0.29) is 5.91 Å². The molecule has 1 N–H and O–H groups in total. The second-order valence-electron chi connectivity index (χ2n) is 6.50. The zero-order valence-electron chi connectivity index (χ0n) is 14.7. The van der Waals surface area contributed by atoms with E-state index in [4.69, 9.17) is 0 Å². The Bertz CT molecular complexity index is 637. The third kappa shape index (κ3) is 5.61. The fourth-order valence-electron chi connectivity index (χ4n) is 3.21. The number of piperazine rings is 1. The Morgan fingerprint density at radius 3 is 2.20 bits per heavy atom. The van der Waals surface area contributed by atoms with Crippen LogP contribution < -0.4 is 10.2 Å². The number of hydrogen-bond acceptors (Lipinski definition) is 3. The van der Waals surface area contributed by atoms with Crippen molar-refractivity contribution in [2.24, 2.45) is 0 Å². The highest BCUT2D eigenvalue weighted by atomic mass is 16.1. The van der Waals surface area contributed by atoms with E-state index >= 15 is 0 Å². The summed E-state index contributed by atoms with van der Waals surface area (Å²) in [7, 11) is 0. The van der Waals surface area contributed by atoms with E-state index in [1.807, 2.05) is 18.2 Å². The molecule has 1 aliphatic heterocycles. The van der Waals surface area contributed by atoms with Gasteiger partial charge in [-0.2, -0.15) is 0 Å². The first-order valence-electron chi connectivity index (χ1n) is 9.14. The molecule has 1 aliphatic rings. The highest BCUT2D eigenvalue weighted by molar-refractivity contribution is 5.76. The summed E-state index contributed by atoms with van der Waals surface area (Å²) in [6.45, 7) is 5.65. The summed E-state index contributed by atoms with van der Waals surface area (Å²) in [4.78, 5) is 16.8. The summed E-state index contributed by atoms with van der Waals surface area (Å²) in [5.41, 5.74) is 2.56. The molecule has 2 aromatic carbocycles. The molecule has 0 radical (unpaired) electrons. The van der Waals surface area contributed by atoms with Crippen LogP contribution >= 0.6 is 0 Å². The first-order chi connectivity index (χ1) is 12.3. The molecule has 0 bridgehead atoms. The Morgan fingerprint density at radius 2 is 1.52 bits per heavy atom. The van der Waals surface area contributed by atoms with E-state index in [1.165, 1.54) is 11.3 Å². The maximum atomic E-state index is 12.0. The standard InChI is InChI=1S/C21H27N3O/c25-21(22-13-11-19-7-3-1-4-8-19)12-14-23-15-17-24(18-16-23)20-9-5-2-6-10-20/h1-10H,11-18H2,(H,22,25). The van der Waals surface area contributed by atoms with Gasteiger partial charge in [0.05, 0.1) is 0 Å². The highest BCUT2D eigenvalue weighted by Gasteiger charge is 2.17. The van der Waals surface area contributed by atoms with Gasteiger partial charge in [0.15, 0.2) is 0 Å². The van der Waals surface area contributed by atoms with Crippen LogP contribution in [0.5, 0.6) is 0 Å². The summed E-state index contributed by atoms with van der Waals surface area (Å²) < 4.78 is 0. The minimum atomic E-state index is 0.154. The van der Waals surface area contributed by atoms with Gasteiger partial charge in [-0.1, -0.05) is 48.5 Å². The molecule has 0 saturated carbocycles. The van der Waals surface area contributed by atoms with Crippen molar-refractivity contribution in [3.63, 3.8) is 0 Å². The molecular weight excluding hydrogens is 310 g/mol. The van der Waals surface area contributed by atoms with Crippen LogP contribution in [0.2, 0.25) is 0 Å². The van der Waals surface area contributed by atoms with Gasteiger partial charge < -0.3 is 10.2 Å². The zero-order valence-corrected chi connectivity index (χ0v) is 14.7. The molecule has 0 spiro atoms. The molecule has 1 amide bonds. The number of nitrogens with zero attached hydrogens (tertiary/aromatic N) is 2. The number of nitrogens with one attached hydrogen (secondary N) is 1. The van der Waals surface area contributed by atoms with E-state index in [2.05, 4.69) is 57.6 Å². The first-order valence-corrected chi connectivity index (χ1v) is 9.14. The smallest absolute Gasteiger partial charge is 0.221 e. The zero-order chi connectivity index (χ0) is 17.3. The van der Waals surface area contributed by atoms with Crippen LogP contribution in [0.1, 0.15) is 12.0 Å². The number of benzene rings is 2. The monoisotopic (exact) mass is 337 g/mol. The number of hydrogen-bond donors (Lipinski definition) is 1. The van der Waals surface area contributed by atoms with Gasteiger partial charge >= 0.3 is 0 Å². The number of amides is 1. The number of para-hydroxylation sites is 1. The van der Waals surface area contributed by atoms with Crippen LogP contribution in [0.25, 0.3) is 0 Å². The lowest BCUT2D eigenvalue weighted by Crippen LogP contribution is -2.47. The maximum Gasteiger partial charge on any atom is 0.221 e. The van der Waals surface area contributed by atoms with Gasteiger partial charge in [-0.15, -0.1) is 0 Å². The van der Waals surface area contributed by atoms with E-state index in [9.17, 15) is 4.79 Å². The minimum absolute atomic E-state index is 0.154. The fourth-order valence-corrected chi connectivity index (χ4v) is 3.21. The van der Waals surface area contributed by atoms with Crippen LogP contribution in [-0.4, -0.2) is 50.1 Å². The second kappa shape index (κ2) is 9.23. The molecule has 1 heterocycles. The Kier molecular flexibility index (Phi) is 6.46. The molecule has 1 saturated heterocycles. The average molecular weight is 337 g/mol. The minimum Gasteiger partial charge on any atom is -0.369 e. The van der Waals surface area contributed by atoms with Crippen molar-refractivity contribution in [2.45, 2.75) is 12.8 Å². The molecule has 4 nitrogen and oxygen atoms in total. The lowest BCUT2D eigenvalue weighted by Gasteiger charge is -2.36. The van der Waals surface area contributed by atoms with Crippen LogP contribution in [0.3, 0.4) is 0 Å². The Hall–Kier alpha value is -2.33.